The van der Waals surface area contributed by atoms with Crippen molar-refractivity contribution >= 4 is 33.8 Å². The SMILES string of the molecule is Cn1ncc(NC(=O)c2nc(-c3c(F)cccc3F)sc2N)c1N1CCC[C@H](N)[C@H](F)C1. The van der Waals surface area contributed by atoms with Gasteiger partial charge < -0.3 is 21.7 Å². The molecule has 0 radical (unpaired) electrons. The Bertz CT molecular complexity index is 1130. The second-order valence-electron chi connectivity index (χ2n) is 7.56. The van der Waals surface area contributed by atoms with E-state index < -0.39 is 29.8 Å². The molecule has 1 aliphatic heterocycles. The molecular formula is C20H22F3N7OS. The molecule has 0 saturated carbocycles. The summed E-state index contributed by atoms with van der Waals surface area (Å²) in [5.74, 6) is -1.76. The number of rotatable bonds is 4. The van der Waals surface area contributed by atoms with Gasteiger partial charge in [0.25, 0.3) is 5.91 Å². The van der Waals surface area contributed by atoms with E-state index in [0.29, 0.717) is 30.9 Å². The second-order valence-corrected chi connectivity index (χ2v) is 8.59. The van der Waals surface area contributed by atoms with Crippen LogP contribution in [-0.4, -0.2) is 46.0 Å². The number of alkyl halides is 1. The van der Waals surface area contributed by atoms with Crippen molar-refractivity contribution in [3.05, 3.63) is 41.7 Å². The third-order valence-electron chi connectivity index (χ3n) is 5.33. The highest BCUT2D eigenvalue weighted by Crippen LogP contribution is 2.34. The third kappa shape index (κ3) is 4.15. The van der Waals surface area contributed by atoms with Crippen LogP contribution in [0.5, 0.6) is 0 Å². The molecule has 0 unspecified atom stereocenters. The summed E-state index contributed by atoms with van der Waals surface area (Å²) >= 11 is 0.807. The lowest BCUT2D eigenvalue weighted by atomic mass is 10.1. The van der Waals surface area contributed by atoms with E-state index in [1.165, 1.54) is 16.9 Å². The molecule has 12 heteroatoms. The number of hydrogen-bond acceptors (Lipinski definition) is 7. The van der Waals surface area contributed by atoms with Gasteiger partial charge >= 0.3 is 0 Å². The summed E-state index contributed by atoms with van der Waals surface area (Å²) in [4.78, 5) is 18.7. The molecule has 0 aliphatic carbocycles. The number of thiazole rings is 1. The Morgan fingerprint density at radius 1 is 1.31 bits per heavy atom. The van der Waals surface area contributed by atoms with Crippen LogP contribution < -0.4 is 21.7 Å². The summed E-state index contributed by atoms with van der Waals surface area (Å²) < 4.78 is 44.1. The minimum Gasteiger partial charge on any atom is -0.389 e. The number of nitrogens with zero attached hydrogens (tertiary/aromatic N) is 4. The van der Waals surface area contributed by atoms with Crippen LogP contribution in [0.15, 0.2) is 24.4 Å². The molecule has 5 N–H and O–H groups in total. The lowest BCUT2D eigenvalue weighted by molar-refractivity contribution is 0.102. The third-order valence-corrected chi connectivity index (χ3v) is 6.23. The van der Waals surface area contributed by atoms with Crippen LogP contribution in [0.4, 0.5) is 29.7 Å². The number of aryl methyl sites for hydroxylation is 1. The Morgan fingerprint density at radius 3 is 2.75 bits per heavy atom. The molecule has 1 fully saturated rings. The van der Waals surface area contributed by atoms with Gasteiger partial charge in [-0.2, -0.15) is 5.10 Å². The Hall–Kier alpha value is -3.12. The Morgan fingerprint density at radius 2 is 2.03 bits per heavy atom. The minimum atomic E-state index is -1.22. The Kier molecular flexibility index (Phi) is 6.07. The highest BCUT2D eigenvalue weighted by molar-refractivity contribution is 7.19. The van der Waals surface area contributed by atoms with Crippen LogP contribution in [0.2, 0.25) is 0 Å². The molecule has 4 rings (SSSR count). The summed E-state index contributed by atoms with van der Waals surface area (Å²) in [6.45, 7) is 0.616. The average Bonchev–Trinajstić information content (AvgIpc) is 3.24. The Balaban J connectivity index is 1.60. The molecule has 1 aliphatic rings. The first-order chi connectivity index (χ1) is 15.3. The summed E-state index contributed by atoms with van der Waals surface area (Å²) in [5.41, 5.74) is 11.6. The predicted octanol–water partition coefficient (Wildman–Crippen LogP) is 2.92. The zero-order chi connectivity index (χ0) is 23.0. The number of aromatic nitrogens is 3. The average molecular weight is 466 g/mol. The number of anilines is 3. The normalized spacial score (nSPS) is 19.1. The molecule has 0 spiro atoms. The van der Waals surface area contributed by atoms with Gasteiger partial charge in [0.2, 0.25) is 0 Å². The molecule has 1 amide bonds. The van der Waals surface area contributed by atoms with Crippen molar-refractivity contribution in [2.75, 3.05) is 29.0 Å². The Labute approximate surface area is 186 Å². The van der Waals surface area contributed by atoms with Gasteiger partial charge in [-0.3, -0.25) is 9.48 Å². The van der Waals surface area contributed by atoms with E-state index in [9.17, 15) is 18.0 Å². The van der Waals surface area contributed by atoms with Gasteiger partial charge in [-0.1, -0.05) is 17.4 Å². The predicted molar refractivity (Wildman–Crippen MR) is 117 cm³/mol. The maximum Gasteiger partial charge on any atom is 0.277 e. The molecule has 2 atom stereocenters. The van der Waals surface area contributed by atoms with Crippen molar-refractivity contribution in [2.45, 2.75) is 25.1 Å². The number of halogens is 3. The van der Waals surface area contributed by atoms with Crippen LogP contribution in [0.3, 0.4) is 0 Å². The van der Waals surface area contributed by atoms with Crippen molar-refractivity contribution in [1.82, 2.24) is 14.8 Å². The van der Waals surface area contributed by atoms with E-state index in [1.54, 1.807) is 11.9 Å². The van der Waals surface area contributed by atoms with Crippen molar-refractivity contribution in [3.8, 4) is 10.6 Å². The molecule has 0 bridgehead atoms. The van der Waals surface area contributed by atoms with Crippen LogP contribution in [0, 0.1) is 11.6 Å². The monoisotopic (exact) mass is 465 g/mol. The van der Waals surface area contributed by atoms with Gasteiger partial charge in [0, 0.05) is 19.6 Å². The standard InChI is InChI=1S/C20H22F3N7OS/c1-29-20(30-7-3-6-13(24)12(23)9-30)14(8-26-29)27-18(31)16-17(25)32-19(28-16)15-10(21)4-2-5-11(15)22/h2,4-5,8,12-13H,3,6-7,9,24-25H2,1H3,(H,27,31)/t12-,13+/m1/s1. The number of nitrogen functional groups attached to an aromatic ring is 1. The zero-order valence-corrected chi connectivity index (χ0v) is 18.0. The van der Waals surface area contributed by atoms with Crippen LogP contribution in [-0.2, 0) is 7.05 Å². The fourth-order valence-electron chi connectivity index (χ4n) is 3.71. The smallest absolute Gasteiger partial charge is 0.277 e. The number of hydrogen-bond donors (Lipinski definition) is 3. The second kappa shape index (κ2) is 8.79. The van der Waals surface area contributed by atoms with E-state index >= 15 is 0 Å². The summed E-state index contributed by atoms with van der Waals surface area (Å²) in [7, 11) is 1.68. The number of nitrogens with one attached hydrogen (secondary N) is 1. The fourth-order valence-corrected chi connectivity index (χ4v) is 4.59. The first kappa shape index (κ1) is 22.1. The van der Waals surface area contributed by atoms with Gasteiger partial charge in [-0.25, -0.2) is 18.2 Å². The molecule has 2 aromatic heterocycles. The summed E-state index contributed by atoms with van der Waals surface area (Å²) in [6, 6.07) is 2.89. The first-order valence-electron chi connectivity index (χ1n) is 9.95. The van der Waals surface area contributed by atoms with E-state index in [4.69, 9.17) is 11.5 Å². The summed E-state index contributed by atoms with van der Waals surface area (Å²) in [5, 5.41) is 6.82. The fraction of sp³-hybridized carbons (Fsp3) is 0.350. The van der Waals surface area contributed by atoms with Crippen molar-refractivity contribution in [3.63, 3.8) is 0 Å². The molecule has 3 aromatic rings. The van der Waals surface area contributed by atoms with Crippen molar-refractivity contribution < 1.29 is 18.0 Å². The molecule has 3 heterocycles. The van der Waals surface area contributed by atoms with E-state index in [0.717, 1.165) is 23.5 Å². The quantitative estimate of drug-likeness (QED) is 0.546. The number of nitrogens with two attached hydrogens (primary N) is 2. The molecular weight excluding hydrogens is 443 g/mol. The topological polar surface area (TPSA) is 115 Å². The van der Waals surface area contributed by atoms with Crippen LogP contribution in [0.25, 0.3) is 10.6 Å². The maximum atomic E-state index is 14.4. The molecule has 8 nitrogen and oxygen atoms in total. The maximum absolute atomic E-state index is 14.4. The van der Waals surface area contributed by atoms with Crippen LogP contribution in [0.1, 0.15) is 23.3 Å². The van der Waals surface area contributed by atoms with Crippen LogP contribution >= 0.6 is 11.3 Å². The molecule has 1 aromatic carbocycles. The number of benzene rings is 1. The lowest BCUT2D eigenvalue weighted by Crippen LogP contribution is -2.38. The van der Waals surface area contributed by atoms with Gasteiger partial charge in [-0.15, -0.1) is 0 Å². The van der Waals surface area contributed by atoms with Crippen molar-refractivity contribution in [2.24, 2.45) is 12.8 Å². The molecule has 32 heavy (non-hydrogen) atoms. The van der Waals surface area contributed by atoms with E-state index in [1.807, 2.05) is 0 Å². The largest absolute Gasteiger partial charge is 0.389 e. The lowest BCUT2D eigenvalue weighted by Gasteiger charge is -2.25. The number of carbonyl (C=O) groups is 1. The summed E-state index contributed by atoms with van der Waals surface area (Å²) in [6.07, 6.45) is 1.47. The van der Waals surface area contributed by atoms with Gasteiger partial charge in [-0.05, 0) is 25.0 Å². The first-order valence-corrected chi connectivity index (χ1v) is 10.8. The minimum absolute atomic E-state index is 0.00941. The molecule has 170 valence electrons. The van der Waals surface area contributed by atoms with Gasteiger partial charge in [0.15, 0.2) is 11.5 Å². The highest BCUT2D eigenvalue weighted by Gasteiger charge is 2.28. The molecule has 1 saturated heterocycles. The number of carbonyl (C=O) groups excluding carboxylic acids is 1. The van der Waals surface area contributed by atoms with Crippen molar-refractivity contribution in [1.29, 1.82) is 0 Å². The van der Waals surface area contributed by atoms with Gasteiger partial charge in [0.1, 0.15) is 33.5 Å². The van der Waals surface area contributed by atoms with E-state index in [2.05, 4.69) is 15.4 Å². The zero-order valence-electron chi connectivity index (χ0n) is 17.2. The van der Waals surface area contributed by atoms with E-state index in [-0.39, 0.29) is 27.8 Å². The number of amides is 1. The highest BCUT2D eigenvalue weighted by atomic mass is 32.1. The van der Waals surface area contributed by atoms with Gasteiger partial charge in [0.05, 0.1) is 18.3 Å².